The summed E-state index contributed by atoms with van der Waals surface area (Å²) in [6, 6.07) is 11.7. The molecule has 128 valence electrons. The fraction of sp³-hybridized carbons (Fsp3) is 0.333. The molecule has 1 heterocycles. The number of carbonyl (C=O) groups excluding carboxylic acids is 1. The summed E-state index contributed by atoms with van der Waals surface area (Å²) in [5.74, 6) is -0.365. The van der Waals surface area contributed by atoms with Gasteiger partial charge in [0.25, 0.3) is 5.91 Å². The molecule has 0 spiro atoms. The molecular formula is C18H21NO4S. The average molecular weight is 347 g/mol. The van der Waals surface area contributed by atoms with Gasteiger partial charge in [0, 0.05) is 17.8 Å². The lowest BCUT2D eigenvalue weighted by Gasteiger charge is -2.05. The second-order valence-corrected chi connectivity index (χ2v) is 6.39. The van der Waals surface area contributed by atoms with Crippen LogP contribution in [0.3, 0.4) is 0 Å². The summed E-state index contributed by atoms with van der Waals surface area (Å²) in [4.78, 5) is 24.3. The van der Waals surface area contributed by atoms with Crippen LogP contribution in [0.2, 0.25) is 0 Å². The maximum atomic E-state index is 12.3. The normalized spacial score (nSPS) is 10.4. The molecule has 5 nitrogen and oxygen atoms in total. The number of hydrogen-bond acceptors (Lipinski definition) is 4. The number of hydrogen-bond donors (Lipinski definition) is 2. The fourth-order valence-corrected chi connectivity index (χ4v) is 3.34. The number of amides is 1. The highest BCUT2D eigenvalue weighted by atomic mass is 32.1. The van der Waals surface area contributed by atoms with Crippen LogP contribution in [0.1, 0.15) is 35.4 Å². The number of thiophene rings is 1. The molecule has 0 saturated heterocycles. The molecule has 2 rings (SSSR count). The summed E-state index contributed by atoms with van der Waals surface area (Å²) in [5, 5.41) is 11.4. The standard InChI is InChI=1S/C18H21NO4S/c1-23-14-12-15(13-8-4-2-5-9-13)24-17(14)18(22)19-11-7-3-6-10-16(20)21/h2,4-5,8-9,12H,3,6-7,10-11H2,1H3,(H,19,22)(H,20,21). The molecule has 6 heteroatoms. The van der Waals surface area contributed by atoms with Crippen LogP contribution in [0.25, 0.3) is 10.4 Å². The van der Waals surface area contributed by atoms with Crippen molar-refractivity contribution in [3.8, 4) is 16.2 Å². The molecule has 0 saturated carbocycles. The van der Waals surface area contributed by atoms with Crippen molar-refractivity contribution in [2.24, 2.45) is 0 Å². The molecule has 0 fully saturated rings. The van der Waals surface area contributed by atoms with Crippen LogP contribution in [0.5, 0.6) is 5.75 Å². The highest BCUT2D eigenvalue weighted by Crippen LogP contribution is 2.36. The Kier molecular flexibility index (Phi) is 6.81. The monoisotopic (exact) mass is 347 g/mol. The summed E-state index contributed by atoms with van der Waals surface area (Å²) < 4.78 is 5.32. The molecule has 0 bridgehead atoms. The van der Waals surface area contributed by atoms with Gasteiger partial charge in [0.05, 0.1) is 7.11 Å². The third kappa shape index (κ3) is 5.09. The lowest BCUT2D eigenvalue weighted by molar-refractivity contribution is -0.137. The van der Waals surface area contributed by atoms with E-state index < -0.39 is 5.97 Å². The van der Waals surface area contributed by atoms with Gasteiger partial charge in [-0.05, 0) is 24.5 Å². The summed E-state index contributed by atoms with van der Waals surface area (Å²) >= 11 is 1.40. The SMILES string of the molecule is COc1cc(-c2ccccc2)sc1C(=O)NCCCCCC(=O)O. The molecule has 0 atom stereocenters. The highest BCUT2D eigenvalue weighted by Gasteiger charge is 2.17. The zero-order chi connectivity index (χ0) is 17.4. The zero-order valence-electron chi connectivity index (χ0n) is 13.6. The van der Waals surface area contributed by atoms with E-state index >= 15 is 0 Å². The summed E-state index contributed by atoms with van der Waals surface area (Å²) in [7, 11) is 1.56. The van der Waals surface area contributed by atoms with E-state index in [1.807, 2.05) is 36.4 Å². The second-order valence-electron chi connectivity index (χ2n) is 5.33. The maximum Gasteiger partial charge on any atom is 0.303 e. The van der Waals surface area contributed by atoms with Crippen LogP contribution in [0.4, 0.5) is 0 Å². The van der Waals surface area contributed by atoms with Crippen molar-refractivity contribution in [3.05, 3.63) is 41.3 Å². The molecular weight excluding hydrogens is 326 g/mol. The van der Waals surface area contributed by atoms with Gasteiger partial charge >= 0.3 is 5.97 Å². The number of rotatable bonds is 9. The average Bonchev–Trinajstić information content (AvgIpc) is 3.03. The zero-order valence-corrected chi connectivity index (χ0v) is 14.4. The van der Waals surface area contributed by atoms with E-state index in [0.29, 0.717) is 23.6 Å². The van der Waals surface area contributed by atoms with Gasteiger partial charge in [0.15, 0.2) is 0 Å². The number of carboxylic acids is 1. The first kappa shape index (κ1) is 18.0. The van der Waals surface area contributed by atoms with Gasteiger partial charge in [-0.15, -0.1) is 11.3 Å². The molecule has 1 amide bonds. The minimum Gasteiger partial charge on any atom is -0.495 e. The van der Waals surface area contributed by atoms with Crippen LogP contribution in [0, 0.1) is 0 Å². The van der Waals surface area contributed by atoms with Crippen molar-refractivity contribution in [2.45, 2.75) is 25.7 Å². The number of unbranched alkanes of at least 4 members (excludes halogenated alkanes) is 2. The van der Waals surface area contributed by atoms with Gasteiger partial charge in [-0.3, -0.25) is 9.59 Å². The number of carbonyl (C=O) groups is 2. The highest BCUT2D eigenvalue weighted by molar-refractivity contribution is 7.17. The van der Waals surface area contributed by atoms with Crippen molar-refractivity contribution >= 4 is 23.2 Å². The first-order valence-corrected chi connectivity index (χ1v) is 8.66. The fourth-order valence-electron chi connectivity index (χ4n) is 2.29. The Labute approximate surface area is 145 Å². The molecule has 0 aliphatic heterocycles. The molecule has 0 unspecified atom stereocenters. The van der Waals surface area contributed by atoms with E-state index in [1.54, 1.807) is 7.11 Å². The van der Waals surface area contributed by atoms with Crippen LogP contribution in [0.15, 0.2) is 36.4 Å². The largest absolute Gasteiger partial charge is 0.495 e. The number of carboxylic acid groups (broad SMARTS) is 1. The minimum atomic E-state index is -0.782. The predicted octanol–water partition coefficient (Wildman–Crippen LogP) is 3.80. The van der Waals surface area contributed by atoms with Crippen molar-refractivity contribution in [1.82, 2.24) is 5.32 Å². The number of nitrogens with one attached hydrogen (secondary N) is 1. The molecule has 24 heavy (non-hydrogen) atoms. The molecule has 0 radical (unpaired) electrons. The van der Waals surface area contributed by atoms with E-state index in [9.17, 15) is 9.59 Å². The first-order valence-electron chi connectivity index (χ1n) is 7.85. The van der Waals surface area contributed by atoms with E-state index in [-0.39, 0.29) is 12.3 Å². The molecule has 2 aromatic rings. The Morgan fingerprint density at radius 3 is 2.58 bits per heavy atom. The van der Waals surface area contributed by atoms with Crippen LogP contribution < -0.4 is 10.1 Å². The Balaban J connectivity index is 1.92. The Morgan fingerprint density at radius 1 is 1.17 bits per heavy atom. The summed E-state index contributed by atoms with van der Waals surface area (Å²) in [6.07, 6.45) is 2.35. The first-order chi connectivity index (χ1) is 11.6. The number of aliphatic carboxylic acids is 1. The molecule has 1 aromatic heterocycles. The van der Waals surface area contributed by atoms with Gasteiger partial charge in [-0.25, -0.2) is 0 Å². The molecule has 2 N–H and O–H groups in total. The topological polar surface area (TPSA) is 75.6 Å². The van der Waals surface area contributed by atoms with Crippen LogP contribution >= 0.6 is 11.3 Å². The molecule has 0 aliphatic rings. The van der Waals surface area contributed by atoms with Gasteiger partial charge in [-0.2, -0.15) is 0 Å². The van der Waals surface area contributed by atoms with Crippen molar-refractivity contribution in [3.63, 3.8) is 0 Å². The Bertz CT molecular complexity index is 682. The second kappa shape index (κ2) is 9.08. The minimum absolute atomic E-state index is 0.155. The van der Waals surface area contributed by atoms with Gasteiger partial charge < -0.3 is 15.2 Å². The third-order valence-electron chi connectivity index (χ3n) is 3.54. The Morgan fingerprint density at radius 2 is 1.92 bits per heavy atom. The maximum absolute atomic E-state index is 12.3. The van der Waals surface area contributed by atoms with Crippen LogP contribution in [-0.2, 0) is 4.79 Å². The lowest BCUT2D eigenvalue weighted by atomic mass is 10.2. The predicted molar refractivity (Wildman–Crippen MR) is 94.7 cm³/mol. The quantitative estimate of drug-likeness (QED) is 0.677. The van der Waals surface area contributed by atoms with Gasteiger partial charge in [-0.1, -0.05) is 36.8 Å². The smallest absolute Gasteiger partial charge is 0.303 e. The van der Waals surface area contributed by atoms with E-state index in [2.05, 4.69) is 5.32 Å². The van der Waals surface area contributed by atoms with E-state index in [0.717, 1.165) is 23.3 Å². The summed E-state index contributed by atoms with van der Waals surface area (Å²) in [5.41, 5.74) is 1.05. The number of methoxy groups -OCH3 is 1. The van der Waals surface area contributed by atoms with Crippen molar-refractivity contribution < 1.29 is 19.4 Å². The van der Waals surface area contributed by atoms with Crippen molar-refractivity contribution in [1.29, 1.82) is 0 Å². The summed E-state index contributed by atoms with van der Waals surface area (Å²) in [6.45, 7) is 0.528. The van der Waals surface area contributed by atoms with Gasteiger partial charge in [0.2, 0.25) is 0 Å². The lowest BCUT2D eigenvalue weighted by Crippen LogP contribution is -2.23. The number of ether oxygens (including phenoxy) is 1. The molecule has 1 aromatic carbocycles. The molecule has 0 aliphatic carbocycles. The third-order valence-corrected chi connectivity index (χ3v) is 4.70. The van der Waals surface area contributed by atoms with Gasteiger partial charge in [0.1, 0.15) is 10.6 Å². The Hall–Kier alpha value is -2.34. The van der Waals surface area contributed by atoms with E-state index in [4.69, 9.17) is 9.84 Å². The van der Waals surface area contributed by atoms with Crippen LogP contribution in [-0.4, -0.2) is 30.6 Å². The number of benzene rings is 1. The van der Waals surface area contributed by atoms with Crippen molar-refractivity contribution in [2.75, 3.05) is 13.7 Å². The van der Waals surface area contributed by atoms with E-state index in [1.165, 1.54) is 11.3 Å².